The summed E-state index contributed by atoms with van der Waals surface area (Å²) in [6.45, 7) is 4.40. The molecular formula is C13H15F4NO. The van der Waals surface area contributed by atoms with Crippen LogP contribution in [0.4, 0.5) is 17.6 Å². The SMILES string of the molecule is CCC(C)N1COc2c(F)cc(C(F)(F)F)cc2C1. The molecule has 1 aliphatic rings. The molecule has 0 amide bonds. The second kappa shape index (κ2) is 5.00. The average Bonchev–Trinajstić information content (AvgIpc) is 2.36. The first-order chi connectivity index (χ1) is 8.82. The molecule has 6 heteroatoms. The van der Waals surface area contributed by atoms with Gasteiger partial charge in [0.05, 0.1) is 5.56 Å². The molecule has 1 atom stereocenters. The van der Waals surface area contributed by atoms with E-state index in [1.807, 2.05) is 18.7 Å². The maximum absolute atomic E-state index is 13.6. The predicted molar refractivity (Wildman–Crippen MR) is 62.2 cm³/mol. The number of hydrogen-bond donors (Lipinski definition) is 0. The highest BCUT2D eigenvalue weighted by atomic mass is 19.4. The van der Waals surface area contributed by atoms with Gasteiger partial charge in [-0.05, 0) is 25.5 Å². The highest BCUT2D eigenvalue weighted by Gasteiger charge is 2.34. The van der Waals surface area contributed by atoms with E-state index < -0.39 is 17.6 Å². The Bertz CT molecular complexity index is 472. The topological polar surface area (TPSA) is 12.5 Å². The van der Waals surface area contributed by atoms with E-state index in [-0.39, 0.29) is 30.6 Å². The van der Waals surface area contributed by atoms with Crippen LogP contribution in [0.5, 0.6) is 5.75 Å². The van der Waals surface area contributed by atoms with Gasteiger partial charge in [-0.25, -0.2) is 4.39 Å². The van der Waals surface area contributed by atoms with Crippen LogP contribution >= 0.6 is 0 Å². The monoisotopic (exact) mass is 277 g/mol. The smallest absolute Gasteiger partial charge is 0.416 e. The summed E-state index contributed by atoms with van der Waals surface area (Å²) in [7, 11) is 0. The van der Waals surface area contributed by atoms with Crippen molar-refractivity contribution >= 4 is 0 Å². The molecule has 0 saturated heterocycles. The molecule has 1 aliphatic heterocycles. The van der Waals surface area contributed by atoms with Crippen molar-refractivity contribution < 1.29 is 22.3 Å². The van der Waals surface area contributed by atoms with Crippen molar-refractivity contribution in [3.05, 3.63) is 29.1 Å². The number of rotatable bonds is 2. The number of ether oxygens (including phenoxy) is 1. The number of alkyl halides is 3. The molecule has 19 heavy (non-hydrogen) atoms. The molecule has 0 saturated carbocycles. The standard InChI is InChI=1S/C13H15F4NO/c1-3-8(2)18-6-9-4-10(13(15,16)17)5-11(14)12(9)19-7-18/h4-5,8H,3,6-7H2,1-2H3. The van der Waals surface area contributed by atoms with Crippen LogP contribution in [0, 0.1) is 5.82 Å². The summed E-state index contributed by atoms with van der Waals surface area (Å²) in [5, 5.41) is 0. The van der Waals surface area contributed by atoms with Gasteiger partial charge >= 0.3 is 6.18 Å². The van der Waals surface area contributed by atoms with Crippen molar-refractivity contribution in [1.82, 2.24) is 4.90 Å². The molecule has 0 bridgehead atoms. The molecule has 0 radical (unpaired) electrons. The van der Waals surface area contributed by atoms with Crippen LogP contribution in [0.1, 0.15) is 31.4 Å². The van der Waals surface area contributed by atoms with Crippen molar-refractivity contribution in [2.45, 2.75) is 39.0 Å². The summed E-state index contributed by atoms with van der Waals surface area (Å²) < 4.78 is 56.8. The van der Waals surface area contributed by atoms with Crippen LogP contribution in [0.25, 0.3) is 0 Å². The van der Waals surface area contributed by atoms with E-state index in [0.717, 1.165) is 12.5 Å². The van der Waals surface area contributed by atoms with E-state index >= 15 is 0 Å². The first-order valence-electron chi connectivity index (χ1n) is 6.09. The van der Waals surface area contributed by atoms with Gasteiger partial charge in [0.2, 0.25) is 0 Å². The van der Waals surface area contributed by atoms with Crippen LogP contribution in [0.15, 0.2) is 12.1 Å². The molecule has 1 unspecified atom stereocenters. The lowest BCUT2D eigenvalue weighted by Gasteiger charge is -2.33. The summed E-state index contributed by atoms with van der Waals surface area (Å²) in [6, 6.07) is 1.62. The lowest BCUT2D eigenvalue weighted by molar-refractivity contribution is -0.137. The van der Waals surface area contributed by atoms with Crippen molar-refractivity contribution in [3.8, 4) is 5.75 Å². The second-order valence-electron chi connectivity index (χ2n) is 4.72. The Morgan fingerprint density at radius 3 is 2.63 bits per heavy atom. The van der Waals surface area contributed by atoms with E-state index in [2.05, 4.69) is 0 Å². The van der Waals surface area contributed by atoms with Crippen LogP contribution in [-0.2, 0) is 12.7 Å². The van der Waals surface area contributed by atoms with Gasteiger partial charge in [0.25, 0.3) is 0 Å². The van der Waals surface area contributed by atoms with Crippen molar-refractivity contribution in [2.24, 2.45) is 0 Å². The van der Waals surface area contributed by atoms with E-state index in [9.17, 15) is 17.6 Å². The molecule has 1 aromatic carbocycles. The third-order valence-corrected chi connectivity index (χ3v) is 3.41. The number of halogens is 4. The first-order valence-corrected chi connectivity index (χ1v) is 6.09. The Labute approximate surface area is 109 Å². The fraction of sp³-hybridized carbons (Fsp3) is 0.538. The largest absolute Gasteiger partial charge is 0.475 e. The quantitative estimate of drug-likeness (QED) is 0.762. The lowest BCUT2D eigenvalue weighted by atomic mass is 10.1. The highest BCUT2D eigenvalue weighted by molar-refractivity contribution is 5.40. The first kappa shape index (κ1) is 14.1. The van der Waals surface area contributed by atoms with E-state index in [0.29, 0.717) is 6.07 Å². The number of hydrogen-bond acceptors (Lipinski definition) is 2. The fourth-order valence-corrected chi connectivity index (χ4v) is 2.05. The molecular weight excluding hydrogens is 262 g/mol. The van der Waals surface area contributed by atoms with Crippen LogP contribution in [0.2, 0.25) is 0 Å². The van der Waals surface area contributed by atoms with Gasteiger partial charge in [-0.15, -0.1) is 0 Å². The molecule has 106 valence electrons. The Morgan fingerprint density at radius 1 is 1.37 bits per heavy atom. The van der Waals surface area contributed by atoms with Crippen molar-refractivity contribution in [2.75, 3.05) is 6.73 Å². The minimum Gasteiger partial charge on any atom is -0.475 e. The Kier molecular flexibility index (Phi) is 3.71. The van der Waals surface area contributed by atoms with Gasteiger partial charge in [0, 0.05) is 18.2 Å². The minimum atomic E-state index is -4.55. The maximum atomic E-state index is 13.6. The van der Waals surface area contributed by atoms with Gasteiger partial charge in [-0.2, -0.15) is 13.2 Å². The van der Waals surface area contributed by atoms with Gasteiger partial charge in [0.15, 0.2) is 11.6 Å². The molecule has 0 N–H and O–H groups in total. The zero-order valence-electron chi connectivity index (χ0n) is 10.7. The minimum absolute atomic E-state index is 0.0625. The van der Waals surface area contributed by atoms with Crippen LogP contribution in [0.3, 0.4) is 0 Å². The molecule has 0 fully saturated rings. The Hall–Kier alpha value is -1.30. The summed E-state index contributed by atoms with van der Waals surface area (Å²) in [4.78, 5) is 1.88. The number of fused-ring (bicyclic) bond motifs is 1. The van der Waals surface area contributed by atoms with Crippen molar-refractivity contribution in [1.29, 1.82) is 0 Å². The van der Waals surface area contributed by atoms with Crippen LogP contribution < -0.4 is 4.74 Å². The lowest BCUT2D eigenvalue weighted by Crippen LogP contribution is -2.38. The van der Waals surface area contributed by atoms with Gasteiger partial charge in [-0.1, -0.05) is 6.92 Å². The Morgan fingerprint density at radius 2 is 2.05 bits per heavy atom. The number of nitrogens with zero attached hydrogens (tertiary/aromatic N) is 1. The normalized spacial score (nSPS) is 17.8. The van der Waals surface area contributed by atoms with Crippen molar-refractivity contribution in [3.63, 3.8) is 0 Å². The highest BCUT2D eigenvalue weighted by Crippen LogP contribution is 2.36. The molecule has 0 spiro atoms. The third-order valence-electron chi connectivity index (χ3n) is 3.41. The average molecular weight is 277 g/mol. The molecule has 1 aromatic rings. The second-order valence-corrected chi connectivity index (χ2v) is 4.72. The van der Waals surface area contributed by atoms with Crippen LogP contribution in [-0.4, -0.2) is 17.7 Å². The zero-order valence-corrected chi connectivity index (χ0v) is 10.7. The van der Waals surface area contributed by atoms with Gasteiger partial charge in [0.1, 0.15) is 6.73 Å². The zero-order chi connectivity index (χ0) is 14.2. The summed E-state index contributed by atoms with van der Waals surface area (Å²) >= 11 is 0. The summed E-state index contributed by atoms with van der Waals surface area (Å²) in [5.41, 5.74) is -0.725. The van der Waals surface area contributed by atoms with E-state index in [1.165, 1.54) is 0 Å². The predicted octanol–water partition coefficient (Wildman–Crippen LogP) is 3.79. The van der Waals surface area contributed by atoms with Gasteiger partial charge in [-0.3, -0.25) is 4.90 Å². The van der Waals surface area contributed by atoms with E-state index in [4.69, 9.17) is 4.74 Å². The summed E-state index contributed by atoms with van der Waals surface area (Å²) in [5.74, 6) is -1.01. The third kappa shape index (κ3) is 2.83. The molecule has 0 aromatic heterocycles. The van der Waals surface area contributed by atoms with Gasteiger partial charge < -0.3 is 4.74 Å². The molecule has 2 rings (SSSR count). The molecule has 2 nitrogen and oxygen atoms in total. The summed E-state index contributed by atoms with van der Waals surface area (Å²) in [6.07, 6.45) is -3.70. The molecule has 1 heterocycles. The number of benzene rings is 1. The maximum Gasteiger partial charge on any atom is 0.416 e. The fourth-order valence-electron chi connectivity index (χ4n) is 2.05. The molecule has 0 aliphatic carbocycles. The Balaban J connectivity index is 2.35. The van der Waals surface area contributed by atoms with E-state index in [1.54, 1.807) is 0 Å².